The molecule has 1 atom stereocenters. The molecule has 0 spiro atoms. The molecule has 0 aliphatic heterocycles. The monoisotopic (exact) mass is 316 g/mol. The van der Waals surface area contributed by atoms with Gasteiger partial charge in [0.2, 0.25) is 0 Å². The van der Waals surface area contributed by atoms with Crippen LogP contribution >= 0.6 is 11.6 Å². The van der Waals surface area contributed by atoms with Gasteiger partial charge in [0.1, 0.15) is 0 Å². The van der Waals surface area contributed by atoms with Gasteiger partial charge in [0.25, 0.3) is 5.91 Å². The Morgan fingerprint density at radius 3 is 2.18 bits per heavy atom. The number of rotatable bonds is 5. The van der Waals surface area contributed by atoms with Gasteiger partial charge >= 0.3 is 0 Å². The minimum absolute atomic E-state index is 0.0565. The number of nitrogens with two attached hydrogens (primary N) is 1. The van der Waals surface area contributed by atoms with Gasteiger partial charge in [0.05, 0.1) is 6.04 Å². The molecule has 0 aliphatic carbocycles. The van der Waals surface area contributed by atoms with E-state index in [0.29, 0.717) is 17.1 Å². The van der Waals surface area contributed by atoms with E-state index < -0.39 is 0 Å². The minimum Gasteiger partial charge on any atom is -0.345 e. The molecule has 0 radical (unpaired) electrons. The van der Waals surface area contributed by atoms with Crippen LogP contribution in [0.1, 0.15) is 41.4 Å². The zero-order valence-corrected chi connectivity index (χ0v) is 13.6. The van der Waals surface area contributed by atoms with Crippen LogP contribution in [-0.4, -0.2) is 5.91 Å². The Balaban J connectivity index is 2.16. The van der Waals surface area contributed by atoms with Gasteiger partial charge in [-0.1, -0.05) is 49.7 Å². The number of carbonyl (C=O) groups excluding carboxylic acids is 1. The fourth-order valence-corrected chi connectivity index (χ4v) is 2.45. The molecule has 1 amide bonds. The first-order valence-corrected chi connectivity index (χ1v) is 7.74. The van der Waals surface area contributed by atoms with E-state index in [4.69, 9.17) is 17.3 Å². The van der Waals surface area contributed by atoms with E-state index in [1.807, 2.05) is 36.4 Å². The second kappa shape index (κ2) is 7.43. The molecule has 3 nitrogen and oxygen atoms in total. The van der Waals surface area contributed by atoms with Crippen LogP contribution < -0.4 is 11.1 Å². The summed E-state index contributed by atoms with van der Waals surface area (Å²) in [5, 5.41) is 3.78. The topological polar surface area (TPSA) is 55.1 Å². The van der Waals surface area contributed by atoms with Crippen molar-refractivity contribution in [1.29, 1.82) is 0 Å². The quantitative estimate of drug-likeness (QED) is 0.878. The summed E-state index contributed by atoms with van der Waals surface area (Å²) in [6.45, 7) is 4.63. The number of hydrogen-bond acceptors (Lipinski definition) is 2. The fourth-order valence-electron chi connectivity index (χ4n) is 2.32. The van der Waals surface area contributed by atoms with Gasteiger partial charge in [-0.05, 0) is 41.3 Å². The molecule has 2 aromatic carbocycles. The van der Waals surface area contributed by atoms with Gasteiger partial charge in [-0.3, -0.25) is 4.79 Å². The fraction of sp³-hybridized carbons (Fsp3) is 0.278. The van der Waals surface area contributed by atoms with Crippen molar-refractivity contribution in [3.8, 4) is 0 Å². The van der Waals surface area contributed by atoms with E-state index in [-0.39, 0.29) is 17.9 Å². The molecule has 116 valence electrons. The Kier molecular flexibility index (Phi) is 5.58. The number of hydrogen-bond donors (Lipinski definition) is 2. The van der Waals surface area contributed by atoms with E-state index in [9.17, 15) is 4.79 Å². The van der Waals surface area contributed by atoms with Crippen molar-refractivity contribution in [3.63, 3.8) is 0 Å². The van der Waals surface area contributed by atoms with Gasteiger partial charge < -0.3 is 11.1 Å². The van der Waals surface area contributed by atoms with Crippen LogP contribution in [0.25, 0.3) is 0 Å². The highest BCUT2D eigenvalue weighted by Crippen LogP contribution is 2.23. The molecule has 4 heteroatoms. The maximum atomic E-state index is 12.4. The predicted octanol–water partition coefficient (Wildman–Crippen LogP) is 3.93. The van der Waals surface area contributed by atoms with E-state index >= 15 is 0 Å². The van der Waals surface area contributed by atoms with Crippen LogP contribution in [-0.2, 0) is 6.54 Å². The summed E-state index contributed by atoms with van der Waals surface area (Å²) in [5.41, 5.74) is 8.27. The Bertz CT molecular complexity index is 621. The summed E-state index contributed by atoms with van der Waals surface area (Å²) in [5.74, 6) is 0.186. The predicted molar refractivity (Wildman–Crippen MR) is 90.8 cm³/mol. The van der Waals surface area contributed by atoms with Gasteiger partial charge in [-0.15, -0.1) is 0 Å². The Labute approximate surface area is 136 Å². The highest BCUT2D eigenvalue weighted by atomic mass is 35.5. The Morgan fingerprint density at radius 2 is 1.68 bits per heavy atom. The maximum absolute atomic E-state index is 12.4. The summed E-state index contributed by atoms with van der Waals surface area (Å²) in [7, 11) is 0. The van der Waals surface area contributed by atoms with Gasteiger partial charge in [0, 0.05) is 17.1 Å². The summed E-state index contributed by atoms with van der Waals surface area (Å²) >= 11 is 5.93. The number of nitrogens with one attached hydrogen (secondary N) is 1. The summed E-state index contributed by atoms with van der Waals surface area (Å²) in [6.07, 6.45) is 0. The lowest BCUT2D eigenvalue weighted by Gasteiger charge is -2.23. The molecule has 2 aromatic rings. The van der Waals surface area contributed by atoms with Crippen LogP contribution in [0, 0.1) is 5.92 Å². The van der Waals surface area contributed by atoms with Crippen molar-refractivity contribution in [1.82, 2.24) is 5.32 Å². The molecule has 0 saturated carbocycles. The third kappa shape index (κ3) is 4.09. The largest absolute Gasteiger partial charge is 0.345 e. The maximum Gasteiger partial charge on any atom is 0.251 e. The standard InChI is InChI=1S/C18H21ClN2O/c1-12(2)17(14-7-9-16(19)10-8-14)21-18(22)15-5-3-13(11-20)4-6-15/h3-10,12,17H,11,20H2,1-2H3,(H,21,22). The van der Waals surface area contributed by atoms with Gasteiger partial charge in [0.15, 0.2) is 0 Å². The first kappa shape index (κ1) is 16.5. The van der Waals surface area contributed by atoms with Crippen LogP contribution in [0.4, 0.5) is 0 Å². The lowest BCUT2D eigenvalue weighted by Crippen LogP contribution is -2.31. The molecule has 2 rings (SSSR count). The van der Waals surface area contributed by atoms with Crippen molar-refractivity contribution >= 4 is 17.5 Å². The first-order valence-electron chi connectivity index (χ1n) is 7.36. The molecule has 0 saturated heterocycles. The molecular formula is C18H21ClN2O. The van der Waals surface area contributed by atoms with Crippen molar-refractivity contribution in [2.45, 2.75) is 26.4 Å². The molecule has 1 unspecified atom stereocenters. The molecule has 3 N–H and O–H groups in total. The zero-order chi connectivity index (χ0) is 16.1. The summed E-state index contributed by atoms with van der Waals surface area (Å²) in [4.78, 5) is 12.4. The Morgan fingerprint density at radius 1 is 1.09 bits per heavy atom. The smallest absolute Gasteiger partial charge is 0.251 e. The highest BCUT2D eigenvalue weighted by Gasteiger charge is 2.19. The molecule has 0 aliphatic rings. The average Bonchev–Trinajstić information content (AvgIpc) is 2.53. The van der Waals surface area contributed by atoms with Crippen LogP contribution in [0.2, 0.25) is 5.02 Å². The van der Waals surface area contributed by atoms with Gasteiger partial charge in [-0.2, -0.15) is 0 Å². The lowest BCUT2D eigenvalue weighted by atomic mass is 9.95. The number of benzene rings is 2. The normalized spacial score (nSPS) is 12.2. The second-order valence-electron chi connectivity index (χ2n) is 5.65. The average molecular weight is 317 g/mol. The lowest BCUT2D eigenvalue weighted by molar-refractivity contribution is 0.0925. The highest BCUT2D eigenvalue weighted by molar-refractivity contribution is 6.30. The zero-order valence-electron chi connectivity index (χ0n) is 12.8. The van der Waals surface area contributed by atoms with Crippen molar-refractivity contribution in [2.75, 3.05) is 0 Å². The Hall–Kier alpha value is -1.84. The van der Waals surface area contributed by atoms with Crippen molar-refractivity contribution < 1.29 is 4.79 Å². The van der Waals surface area contributed by atoms with Gasteiger partial charge in [-0.25, -0.2) is 0 Å². The van der Waals surface area contributed by atoms with Crippen molar-refractivity contribution in [3.05, 3.63) is 70.2 Å². The molecule has 0 bridgehead atoms. The molecule has 0 heterocycles. The number of carbonyl (C=O) groups is 1. The van der Waals surface area contributed by atoms with Crippen molar-refractivity contribution in [2.24, 2.45) is 11.7 Å². The van der Waals surface area contributed by atoms with E-state index in [1.54, 1.807) is 12.1 Å². The third-order valence-corrected chi connectivity index (χ3v) is 3.89. The summed E-state index contributed by atoms with van der Waals surface area (Å²) in [6, 6.07) is 14.9. The molecular weight excluding hydrogens is 296 g/mol. The third-order valence-electron chi connectivity index (χ3n) is 3.63. The number of halogens is 1. The van der Waals surface area contributed by atoms with Crippen LogP contribution in [0.3, 0.4) is 0 Å². The molecule has 0 fully saturated rings. The van der Waals surface area contributed by atoms with E-state index in [1.165, 1.54) is 0 Å². The molecule has 0 aromatic heterocycles. The SMILES string of the molecule is CC(C)C(NC(=O)c1ccc(CN)cc1)c1ccc(Cl)cc1. The summed E-state index contributed by atoms with van der Waals surface area (Å²) < 4.78 is 0. The second-order valence-corrected chi connectivity index (χ2v) is 6.08. The van der Waals surface area contributed by atoms with Crippen LogP contribution in [0.5, 0.6) is 0 Å². The molecule has 22 heavy (non-hydrogen) atoms. The van der Waals surface area contributed by atoms with E-state index in [0.717, 1.165) is 11.1 Å². The minimum atomic E-state index is -0.0859. The first-order chi connectivity index (χ1) is 10.5. The van der Waals surface area contributed by atoms with E-state index in [2.05, 4.69) is 19.2 Å². The van der Waals surface area contributed by atoms with Crippen LogP contribution in [0.15, 0.2) is 48.5 Å². The number of amides is 1.